The van der Waals surface area contributed by atoms with E-state index in [0.29, 0.717) is 24.7 Å². The number of nitrogens with zero attached hydrogens (tertiary/aromatic N) is 1. The third-order valence-corrected chi connectivity index (χ3v) is 2.69. The van der Waals surface area contributed by atoms with E-state index in [1.165, 1.54) is 6.08 Å². The van der Waals surface area contributed by atoms with Crippen molar-refractivity contribution >= 4 is 22.0 Å². The molecule has 0 unspecified atom stereocenters. The van der Waals surface area contributed by atoms with Crippen molar-refractivity contribution in [1.29, 1.82) is 5.26 Å². The van der Waals surface area contributed by atoms with Crippen LogP contribution in [0.15, 0.2) is 22.7 Å². The van der Waals surface area contributed by atoms with Crippen molar-refractivity contribution in [1.82, 2.24) is 0 Å². The highest BCUT2D eigenvalue weighted by atomic mass is 79.9. The molecule has 0 saturated heterocycles. The lowest BCUT2D eigenvalue weighted by atomic mass is 10.2. The number of rotatable bonds is 5. The Labute approximate surface area is 110 Å². The number of ether oxygens (including phenoxy) is 2. The van der Waals surface area contributed by atoms with E-state index in [9.17, 15) is 0 Å². The lowest BCUT2D eigenvalue weighted by Gasteiger charge is -2.12. The second-order valence-corrected chi connectivity index (χ2v) is 4.00. The number of halogens is 1. The molecule has 0 saturated carbocycles. The molecule has 1 aromatic carbocycles. The molecule has 1 rings (SSSR count). The van der Waals surface area contributed by atoms with Gasteiger partial charge in [0.2, 0.25) is 0 Å². The van der Waals surface area contributed by atoms with E-state index in [0.717, 1.165) is 10.0 Å². The third-order valence-electron chi connectivity index (χ3n) is 2.00. The van der Waals surface area contributed by atoms with Gasteiger partial charge in [-0.1, -0.05) is 15.9 Å². The van der Waals surface area contributed by atoms with Crippen LogP contribution in [-0.4, -0.2) is 13.2 Å². The minimum Gasteiger partial charge on any atom is -0.490 e. The van der Waals surface area contributed by atoms with Crippen molar-refractivity contribution in [2.24, 2.45) is 0 Å². The van der Waals surface area contributed by atoms with Crippen LogP contribution < -0.4 is 9.47 Å². The molecule has 0 aliphatic heterocycles. The van der Waals surface area contributed by atoms with E-state index >= 15 is 0 Å². The van der Waals surface area contributed by atoms with Gasteiger partial charge in [0.05, 0.1) is 19.3 Å². The molecule has 0 bridgehead atoms. The van der Waals surface area contributed by atoms with Crippen molar-refractivity contribution in [3.8, 4) is 17.6 Å². The fraction of sp³-hybridized carbons (Fsp3) is 0.308. The van der Waals surface area contributed by atoms with Gasteiger partial charge < -0.3 is 9.47 Å². The number of nitriles is 1. The van der Waals surface area contributed by atoms with Crippen LogP contribution in [0.4, 0.5) is 0 Å². The number of benzene rings is 1. The average Bonchev–Trinajstić information content (AvgIpc) is 2.31. The second kappa shape index (κ2) is 6.97. The SMILES string of the molecule is CCOc1cc(Br)c(/C=C/C#N)cc1OCC. The highest BCUT2D eigenvalue weighted by Gasteiger charge is 2.08. The zero-order chi connectivity index (χ0) is 12.7. The van der Waals surface area contributed by atoms with Crippen LogP contribution in [0.1, 0.15) is 19.4 Å². The first kappa shape index (κ1) is 13.6. The Balaban J connectivity index is 3.15. The molecule has 17 heavy (non-hydrogen) atoms. The molecule has 3 nitrogen and oxygen atoms in total. The van der Waals surface area contributed by atoms with E-state index in [1.54, 1.807) is 6.08 Å². The fourth-order valence-corrected chi connectivity index (χ4v) is 1.80. The molecule has 0 atom stereocenters. The molecule has 0 heterocycles. The second-order valence-electron chi connectivity index (χ2n) is 3.15. The molecule has 0 aromatic heterocycles. The number of hydrogen-bond donors (Lipinski definition) is 0. The Morgan fingerprint density at radius 2 is 1.82 bits per heavy atom. The molecule has 0 fully saturated rings. The molecule has 0 aliphatic carbocycles. The molecule has 0 N–H and O–H groups in total. The minimum absolute atomic E-state index is 0.573. The van der Waals surface area contributed by atoms with Gasteiger partial charge in [0, 0.05) is 10.5 Å². The van der Waals surface area contributed by atoms with Crippen molar-refractivity contribution in [2.45, 2.75) is 13.8 Å². The van der Waals surface area contributed by atoms with Crippen LogP contribution >= 0.6 is 15.9 Å². The standard InChI is InChI=1S/C13H14BrNO2/c1-3-16-12-8-10(6-5-7-15)11(14)9-13(12)17-4-2/h5-6,8-9H,3-4H2,1-2H3/b6-5+. The van der Waals surface area contributed by atoms with Crippen LogP contribution in [-0.2, 0) is 0 Å². The fourth-order valence-electron chi connectivity index (χ4n) is 1.34. The van der Waals surface area contributed by atoms with Gasteiger partial charge in [-0.05, 0) is 37.6 Å². The van der Waals surface area contributed by atoms with E-state index in [1.807, 2.05) is 32.0 Å². The van der Waals surface area contributed by atoms with Crippen molar-refractivity contribution in [3.63, 3.8) is 0 Å². The monoisotopic (exact) mass is 295 g/mol. The molecule has 0 amide bonds. The van der Waals surface area contributed by atoms with Crippen LogP contribution in [0.2, 0.25) is 0 Å². The van der Waals surface area contributed by atoms with Gasteiger partial charge in [-0.25, -0.2) is 0 Å². The lowest BCUT2D eigenvalue weighted by molar-refractivity contribution is 0.287. The van der Waals surface area contributed by atoms with E-state index in [2.05, 4.69) is 15.9 Å². The van der Waals surface area contributed by atoms with Gasteiger partial charge in [0.1, 0.15) is 0 Å². The summed E-state index contributed by atoms with van der Waals surface area (Å²) in [5, 5.41) is 8.52. The lowest BCUT2D eigenvalue weighted by Crippen LogP contribution is -1.99. The van der Waals surface area contributed by atoms with Crippen LogP contribution in [0.25, 0.3) is 6.08 Å². The smallest absolute Gasteiger partial charge is 0.162 e. The summed E-state index contributed by atoms with van der Waals surface area (Å²) < 4.78 is 11.9. The van der Waals surface area contributed by atoms with Crippen molar-refractivity contribution in [3.05, 3.63) is 28.2 Å². The van der Waals surface area contributed by atoms with Crippen LogP contribution in [0.5, 0.6) is 11.5 Å². The zero-order valence-electron chi connectivity index (χ0n) is 9.87. The van der Waals surface area contributed by atoms with Crippen molar-refractivity contribution in [2.75, 3.05) is 13.2 Å². The predicted octanol–water partition coefficient (Wildman–Crippen LogP) is 3.78. The van der Waals surface area contributed by atoms with Crippen LogP contribution in [0, 0.1) is 11.3 Å². The summed E-state index contributed by atoms with van der Waals surface area (Å²) in [5.74, 6) is 1.39. The van der Waals surface area contributed by atoms with Crippen molar-refractivity contribution < 1.29 is 9.47 Å². The van der Waals surface area contributed by atoms with Gasteiger partial charge in [0.15, 0.2) is 11.5 Å². The highest BCUT2D eigenvalue weighted by Crippen LogP contribution is 2.34. The van der Waals surface area contributed by atoms with Gasteiger partial charge in [-0.15, -0.1) is 0 Å². The van der Waals surface area contributed by atoms with Gasteiger partial charge in [0.25, 0.3) is 0 Å². The Morgan fingerprint density at radius 3 is 2.35 bits per heavy atom. The maximum atomic E-state index is 8.52. The first-order chi connectivity index (χ1) is 8.22. The third kappa shape index (κ3) is 3.79. The van der Waals surface area contributed by atoms with E-state index in [4.69, 9.17) is 14.7 Å². The first-order valence-corrected chi connectivity index (χ1v) is 6.17. The molecule has 4 heteroatoms. The van der Waals surface area contributed by atoms with Crippen LogP contribution in [0.3, 0.4) is 0 Å². The highest BCUT2D eigenvalue weighted by molar-refractivity contribution is 9.10. The number of allylic oxidation sites excluding steroid dienone is 1. The largest absolute Gasteiger partial charge is 0.490 e. The minimum atomic E-state index is 0.573. The predicted molar refractivity (Wildman–Crippen MR) is 71.1 cm³/mol. The Bertz CT molecular complexity index is 449. The molecule has 0 aliphatic rings. The topological polar surface area (TPSA) is 42.2 Å². The molecular weight excluding hydrogens is 282 g/mol. The van der Waals surface area contributed by atoms with Gasteiger partial charge >= 0.3 is 0 Å². The summed E-state index contributed by atoms with van der Waals surface area (Å²) >= 11 is 3.44. The quantitative estimate of drug-likeness (QED) is 0.776. The van der Waals surface area contributed by atoms with Gasteiger partial charge in [-0.2, -0.15) is 5.26 Å². The summed E-state index contributed by atoms with van der Waals surface area (Å²) in [7, 11) is 0. The maximum Gasteiger partial charge on any atom is 0.162 e. The summed E-state index contributed by atoms with van der Waals surface area (Å²) in [6, 6.07) is 5.67. The molecule has 1 aromatic rings. The Morgan fingerprint density at radius 1 is 1.24 bits per heavy atom. The first-order valence-electron chi connectivity index (χ1n) is 5.38. The molecule has 0 spiro atoms. The normalized spacial score (nSPS) is 10.2. The summed E-state index contributed by atoms with van der Waals surface area (Å²) in [6.45, 7) is 5.00. The Hall–Kier alpha value is -1.47. The Kier molecular flexibility index (Phi) is 5.58. The maximum absolute atomic E-state index is 8.52. The van der Waals surface area contributed by atoms with Gasteiger partial charge in [-0.3, -0.25) is 0 Å². The number of hydrogen-bond acceptors (Lipinski definition) is 3. The summed E-state index contributed by atoms with van der Waals surface area (Å²) in [4.78, 5) is 0. The van der Waals surface area contributed by atoms with E-state index < -0.39 is 0 Å². The molecule has 0 radical (unpaired) electrons. The zero-order valence-corrected chi connectivity index (χ0v) is 11.5. The molecule has 90 valence electrons. The average molecular weight is 296 g/mol. The summed E-state index contributed by atoms with van der Waals surface area (Å²) in [6.07, 6.45) is 3.15. The summed E-state index contributed by atoms with van der Waals surface area (Å²) in [5.41, 5.74) is 0.887. The molecular formula is C13H14BrNO2. The van der Waals surface area contributed by atoms with E-state index in [-0.39, 0.29) is 0 Å².